The van der Waals surface area contributed by atoms with E-state index in [1.807, 2.05) is 47.4 Å². The first-order valence-corrected chi connectivity index (χ1v) is 8.54. The van der Waals surface area contributed by atoms with Crippen LogP contribution in [0.4, 0.5) is 10.1 Å². The van der Waals surface area contributed by atoms with Gasteiger partial charge in [-0.3, -0.25) is 14.8 Å². The van der Waals surface area contributed by atoms with Crippen molar-refractivity contribution in [2.24, 2.45) is 0 Å². The van der Waals surface area contributed by atoms with E-state index in [0.717, 1.165) is 27.7 Å². The van der Waals surface area contributed by atoms with E-state index in [1.165, 1.54) is 6.08 Å². The lowest BCUT2D eigenvalue weighted by molar-refractivity contribution is -0.111. The van der Waals surface area contributed by atoms with Crippen LogP contribution in [0.3, 0.4) is 0 Å². The van der Waals surface area contributed by atoms with Gasteiger partial charge in [-0.2, -0.15) is 5.10 Å². The van der Waals surface area contributed by atoms with Crippen LogP contribution in [0.15, 0.2) is 54.7 Å². The number of para-hydroxylation sites is 1. The molecule has 1 amide bonds. The van der Waals surface area contributed by atoms with Gasteiger partial charge in [0.15, 0.2) is 0 Å². The number of fused-ring (bicyclic) bond motifs is 1. The van der Waals surface area contributed by atoms with Gasteiger partial charge in [-0.25, -0.2) is 4.39 Å². The average Bonchev–Trinajstić information content (AvgIpc) is 3.08. The minimum Gasteiger partial charge on any atom is -0.322 e. The second kappa shape index (κ2) is 7.09. The van der Waals surface area contributed by atoms with Crippen LogP contribution >= 0.6 is 0 Å². The second-order valence-corrected chi connectivity index (χ2v) is 6.49. The van der Waals surface area contributed by atoms with Gasteiger partial charge in [0.1, 0.15) is 6.17 Å². The van der Waals surface area contributed by atoms with Crippen LogP contribution in [0.5, 0.6) is 0 Å². The van der Waals surface area contributed by atoms with Gasteiger partial charge in [0.2, 0.25) is 5.91 Å². The van der Waals surface area contributed by atoms with Crippen LogP contribution in [0, 0.1) is 0 Å². The largest absolute Gasteiger partial charge is 0.322 e. The molecule has 4 rings (SSSR count). The van der Waals surface area contributed by atoms with Gasteiger partial charge in [-0.05, 0) is 29.3 Å². The highest BCUT2D eigenvalue weighted by Gasteiger charge is 2.26. The Morgan fingerprint density at radius 2 is 2.15 bits per heavy atom. The molecule has 132 valence electrons. The normalized spacial score (nSPS) is 15.4. The van der Waals surface area contributed by atoms with E-state index in [1.54, 1.807) is 12.3 Å². The zero-order valence-corrected chi connectivity index (χ0v) is 14.2. The number of carbonyl (C=O) groups is 1. The molecule has 5 nitrogen and oxygen atoms in total. The molecule has 0 unspecified atom stereocenters. The number of rotatable bonds is 5. The molecule has 1 saturated heterocycles. The fourth-order valence-corrected chi connectivity index (χ4v) is 3.06. The lowest BCUT2D eigenvalue weighted by Crippen LogP contribution is -2.47. The van der Waals surface area contributed by atoms with Gasteiger partial charge in [-0.15, -0.1) is 0 Å². The maximum Gasteiger partial charge on any atom is 0.248 e. The number of nitrogens with zero attached hydrogens (tertiary/aromatic N) is 2. The van der Waals surface area contributed by atoms with Crippen molar-refractivity contribution in [2.45, 2.75) is 12.7 Å². The van der Waals surface area contributed by atoms with Crippen molar-refractivity contribution >= 4 is 28.6 Å². The first-order valence-electron chi connectivity index (χ1n) is 8.54. The minimum absolute atomic E-state index is 0.200. The van der Waals surface area contributed by atoms with E-state index in [-0.39, 0.29) is 5.91 Å². The summed E-state index contributed by atoms with van der Waals surface area (Å²) < 4.78 is 13.0. The fourth-order valence-electron chi connectivity index (χ4n) is 3.06. The Bertz CT molecular complexity index is 959. The topological polar surface area (TPSA) is 61.0 Å². The zero-order chi connectivity index (χ0) is 17.9. The number of amides is 1. The predicted molar refractivity (Wildman–Crippen MR) is 100 cm³/mol. The molecule has 0 aliphatic carbocycles. The molecule has 0 bridgehead atoms. The fraction of sp³-hybridized carbons (Fsp3) is 0.200. The van der Waals surface area contributed by atoms with Crippen LogP contribution in [0.2, 0.25) is 0 Å². The molecular formula is C20H19FN4O. The van der Waals surface area contributed by atoms with E-state index in [0.29, 0.717) is 19.6 Å². The SMILES string of the molecule is O=C(/C=C/c1ccc2cn[nH]c2c1)Nc1ccccc1CN1CC(F)C1. The van der Waals surface area contributed by atoms with E-state index >= 15 is 0 Å². The Labute approximate surface area is 150 Å². The van der Waals surface area contributed by atoms with Crippen molar-refractivity contribution in [2.75, 3.05) is 18.4 Å². The summed E-state index contributed by atoms with van der Waals surface area (Å²) in [6.45, 7) is 1.55. The number of nitrogens with one attached hydrogen (secondary N) is 2. The molecule has 2 heterocycles. The monoisotopic (exact) mass is 350 g/mol. The summed E-state index contributed by atoms with van der Waals surface area (Å²) in [4.78, 5) is 14.3. The summed E-state index contributed by atoms with van der Waals surface area (Å²) in [5, 5.41) is 10.8. The Balaban J connectivity index is 1.42. The standard InChI is InChI=1S/C20H19FN4O/c21-17-12-25(13-17)11-16-3-1-2-4-18(16)23-20(26)8-6-14-5-7-15-10-22-24-19(15)9-14/h1-10,17H,11-13H2,(H,22,24)(H,23,26)/b8-6+. The molecule has 2 N–H and O–H groups in total. The van der Waals surface area contributed by atoms with Crippen LogP contribution in [0.25, 0.3) is 17.0 Å². The third-order valence-electron chi connectivity index (χ3n) is 4.47. The molecule has 0 radical (unpaired) electrons. The molecule has 1 aliphatic heterocycles. The summed E-state index contributed by atoms with van der Waals surface area (Å²) in [5.74, 6) is -0.200. The number of carbonyl (C=O) groups excluding carboxylic acids is 1. The Hall–Kier alpha value is -2.99. The second-order valence-electron chi connectivity index (χ2n) is 6.49. The van der Waals surface area contributed by atoms with Gasteiger partial charge in [0.05, 0.1) is 11.7 Å². The lowest BCUT2D eigenvalue weighted by Gasteiger charge is -2.34. The number of likely N-dealkylation sites (tertiary alicyclic amines) is 1. The van der Waals surface area contributed by atoms with Crippen LogP contribution in [0.1, 0.15) is 11.1 Å². The first-order chi connectivity index (χ1) is 12.7. The van der Waals surface area contributed by atoms with Gasteiger partial charge < -0.3 is 5.32 Å². The summed E-state index contributed by atoms with van der Waals surface area (Å²) in [6, 6.07) is 13.5. The molecule has 26 heavy (non-hydrogen) atoms. The van der Waals surface area contributed by atoms with Crippen molar-refractivity contribution in [1.82, 2.24) is 15.1 Å². The maximum absolute atomic E-state index is 13.0. The summed E-state index contributed by atoms with van der Waals surface area (Å²) in [6.07, 6.45) is 4.30. The molecule has 1 aromatic heterocycles. The van der Waals surface area contributed by atoms with Crippen molar-refractivity contribution < 1.29 is 9.18 Å². The van der Waals surface area contributed by atoms with Gasteiger partial charge >= 0.3 is 0 Å². The molecule has 1 aliphatic rings. The van der Waals surface area contributed by atoms with Gasteiger partial charge in [-0.1, -0.05) is 30.3 Å². The molecule has 6 heteroatoms. The van der Waals surface area contributed by atoms with E-state index in [2.05, 4.69) is 15.5 Å². The van der Waals surface area contributed by atoms with Gasteiger partial charge in [0.25, 0.3) is 0 Å². The number of hydrogen-bond donors (Lipinski definition) is 2. The zero-order valence-electron chi connectivity index (χ0n) is 14.2. The molecule has 0 spiro atoms. The van der Waals surface area contributed by atoms with Crippen LogP contribution < -0.4 is 5.32 Å². The molecule has 3 aromatic rings. The molecule has 0 saturated carbocycles. The van der Waals surface area contributed by atoms with Crippen LogP contribution in [-0.4, -0.2) is 40.3 Å². The number of aromatic amines is 1. The summed E-state index contributed by atoms with van der Waals surface area (Å²) in [7, 11) is 0. The van der Waals surface area contributed by atoms with Crippen molar-refractivity contribution in [3.63, 3.8) is 0 Å². The number of benzene rings is 2. The Morgan fingerprint density at radius 3 is 3.00 bits per heavy atom. The molecule has 2 aromatic carbocycles. The predicted octanol–water partition coefficient (Wildman–Crippen LogP) is 3.37. The quantitative estimate of drug-likeness (QED) is 0.694. The first kappa shape index (κ1) is 16.5. The highest BCUT2D eigenvalue weighted by atomic mass is 19.1. The highest BCUT2D eigenvalue weighted by molar-refractivity contribution is 6.02. The molecule has 1 fully saturated rings. The Morgan fingerprint density at radius 1 is 1.31 bits per heavy atom. The summed E-state index contributed by atoms with van der Waals surface area (Å²) in [5.41, 5.74) is 3.59. The van der Waals surface area contributed by atoms with E-state index in [9.17, 15) is 9.18 Å². The van der Waals surface area contributed by atoms with E-state index in [4.69, 9.17) is 0 Å². The van der Waals surface area contributed by atoms with Crippen molar-refractivity contribution in [1.29, 1.82) is 0 Å². The Kier molecular flexibility index (Phi) is 4.50. The maximum atomic E-state index is 13.0. The lowest BCUT2D eigenvalue weighted by atomic mass is 10.1. The number of hydrogen-bond acceptors (Lipinski definition) is 3. The number of alkyl halides is 1. The number of halogens is 1. The third-order valence-corrected chi connectivity index (χ3v) is 4.47. The number of anilines is 1. The van der Waals surface area contributed by atoms with Crippen molar-refractivity contribution in [3.05, 3.63) is 65.9 Å². The minimum atomic E-state index is -0.730. The molecule has 0 atom stereocenters. The average molecular weight is 350 g/mol. The van der Waals surface area contributed by atoms with Crippen LogP contribution in [-0.2, 0) is 11.3 Å². The number of H-pyrrole nitrogens is 1. The smallest absolute Gasteiger partial charge is 0.248 e. The molecular weight excluding hydrogens is 331 g/mol. The van der Waals surface area contributed by atoms with Gasteiger partial charge in [0, 0.05) is 36.8 Å². The highest BCUT2D eigenvalue weighted by Crippen LogP contribution is 2.21. The summed E-state index contributed by atoms with van der Waals surface area (Å²) >= 11 is 0. The van der Waals surface area contributed by atoms with E-state index < -0.39 is 6.17 Å². The number of aromatic nitrogens is 2. The van der Waals surface area contributed by atoms with Crippen molar-refractivity contribution in [3.8, 4) is 0 Å². The third kappa shape index (κ3) is 3.65.